The maximum absolute atomic E-state index is 12.3. The Kier molecular flexibility index (Phi) is 3.15. The van der Waals surface area contributed by atoms with Gasteiger partial charge in [-0.25, -0.2) is 0 Å². The van der Waals surface area contributed by atoms with E-state index >= 15 is 0 Å². The molecule has 4 nitrogen and oxygen atoms in total. The first-order valence-electron chi connectivity index (χ1n) is 5.94. The molecule has 0 radical (unpaired) electrons. The van der Waals surface area contributed by atoms with E-state index in [-0.39, 0.29) is 11.4 Å². The molecular formula is C13H19N3O. The SMILES string of the molecule is Cc1cncc(C(=O)N2CCNC(C)(C)C2)c1. The summed E-state index contributed by atoms with van der Waals surface area (Å²) in [5.41, 5.74) is 1.69. The zero-order chi connectivity index (χ0) is 12.5. The maximum Gasteiger partial charge on any atom is 0.255 e. The standard InChI is InChI=1S/C13H19N3O/c1-10-6-11(8-14-7-10)12(17)16-5-4-15-13(2,3)9-16/h6-8,15H,4-5,9H2,1-3H3. The Labute approximate surface area is 102 Å². The molecule has 1 aromatic rings. The van der Waals surface area contributed by atoms with E-state index in [1.54, 1.807) is 12.4 Å². The van der Waals surface area contributed by atoms with Gasteiger partial charge in [0.15, 0.2) is 0 Å². The normalized spacial score (nSPS) is 19.1. The fourth-order valence-corrected chi connectivity index (χ4v) is 2.17. The van der Waals surface area contributed by atoms with Gasteiger partial charge in [0.05, 0.1) is 5.56 Å². The Morgan fingerprint density at radius 2 is 2.24 bits per heavy atom. The lowest BCUT2D eigenvalue weighted by molar-refractivity contribution is 0.0651. The molecule has 0 bridgehead atoms. The highest BCUT2D eigenvalue weighted by Crippen LogP contribution is 2.13. The van der Waals surface area contributed by atoms with Crippen molar-refractivity contribution in [2.45, 2.75) is 26.3 Å². The van der Waals surface area contributed by atoms with Crippen LogP contribution in [0.15, 0.2) is 18.5 Å². The van der Waals surface area contributed by atoms with Crippen molar-refractivity contribution in [1.82, 2.24) is 15.2 Å². The summed E-state index contributed by atoms with van der Waals surface area (Å²) in [6.45, 7) is 8.52. The number of carbonyl (C=O) groups excluding carboxylic acids is 1. The Bertz CT molecular complexity index is 428. The van der Waals surface area contributed by atoms with Crippen LogP contribution in [0.4, 0.5) is 0 Å². The number of aromatic nitrogens is 1. The van der Waals surface area contributed by atoms with Crippen molar-refractivity contribution in [2.75, 3.05) is 19.6 Å². The highest BCUT2D eigenvalue weighted by Gasteiger charge is 2.29. The van der Waals surface area contributed by atoms with Crippen LogP contribution < -0.4 is 5.32 Å². The highest BCUT2D eigenvalue weighted by molar-refractivity contribution is 5.94. The summed E-state index contributed by atoms with van der Waals surface area (Å²) in [7, 11) is 0. The molecule has 0 spiro atoms. The summed E-state index contributed by atoms with van der Waals surface area (Å²) in [5.74, 6) is 0.0794. The van der Waals surface area contributed by atoms with Gasteiger partial charge in [-0.15, -0.1) is 0 Å². The first-order chi connectivity index (χ1) is 7.98. The predicted molar refractivity (Wildman–Crippen MR) is 67.0 cm³/mol. The zero-order valence-corrected chi connectivity index (χ0v) is 10.7. The minimum absolute atomic E-state index is 0.00877. The minimum Gasteiger partial charge on any atom is -0.335 e. The number of piperazine rings is 1. The van der Waals surface area contributed by atoms with Crippen molar-refractivity contribution in [1.29, 1.82) is 0 Å². The molecule has 1 N–H and O–H groups in total. The number of nitrogens with one attached hydrogen (secondary N) is 1. The molecule has 1 aliphatic heterocycles. The van der Waals surface area contributed by atoms with E-state index in [9.17, 15) is 4.79 Å². The topological polar surface area (TPSA) is 45.2 Å². The summed E-state index contributed by atoms with van der Waals surface area (Å²) in [4.78, 5) is 18.3. The van der Waals surface area contributed by atoms with Crippen LogP contribution in [-0.2, 0) is 0 Å². The highest BCUT2D eigenvalue weighted by atomic mass is 16.2. The molecule has 4 heteroatoms. The Balaban J connectivity index is 2.15. The molecule has 0 unspecified atom stereocenters. The van der Waals surface area contributed by atoms with Crippen molar-refractivity contribution >= 4 is 5.91 Å². The molecule has 1 fully saturated rings. The van der Waals surface area contributed by atoms with E-state index in [0.717, 1.165) is 25.2 Å². The van der Waals surface area contributed by atoms with Gasteiger partial charge in [0.1, 0.15) is 0 Å². The summed E-state index contributed by atoms with van der Waals surface area (Å²) in [6, 6.07) is 1.89. The minimum atomic E-state index is -0.00877. The molecule has 0 aliphatic carbocycles. The lowest BCUT2D eigenvalue weighted by atomic mass is 10.0. The Morgan fingerprint density at radius 3 is 2.88 bits per heavy atom. The molecular weight excluding hydrogens is 214 g/mol. The van der Waals surface area contributed by atoms with Crippen LogP contribution in [0.2, 0.25) is 0 Å². The summed E-state index contributed by atoms with van der Waals surface area (Å²) < 4.78 is 0. The summed E-state index contributed by atoms with van der Waals surface area (Å²) >= 11 is 0. The number of aryl methyl sites for hydroxylation is 1. The lowest BCUT2D eigenvalue weighted by Crippen LogP contribution is -2.58. The smallest absolute Gasteiger partial charge is 0.255 e. The van der Waals surface area contributed by atoms with E-state index < -0.39 is 0 Å². The molecule has 17 heavy (non-hydrogen) atoms. The molecule has 0 saturated carbocycles. The molecule has 2 rings (SSSR count). The average Bonchev–Trinajstić information content (AvgIpc) is 2.26. The number of nitrogens with zero attached hydrogens (tertiary/aromatic N) is 2. The first-order valence-corrected chi connectivity index (χ1v) is 5.94. The summed E-state index contributed by atoms with van der Waals surface area (Å²) in [5, 5.41) is 3.40. The predicted octanol–water partition coefficient (Wildman–Crippen LogP) is 1.21. The van der Waals surface area contributed by atoms with Crippen molar-refractivity contribution in [3.05, 3.63) is 29.6 Å². The van der Waals surface area contributed by atoms with E-state index in [1.165, 1.54) is 0 Å². The molecule has 1 amide bonds. The second-order valence-corrected chi connectivity index (χ2v) is 5.29. The zero-order valence-electron chi connectivity index (χ0n) is 10.7. The van der Waals surface area contributed by atoms with E-state index in [4.69, 9.17) is 0 Å². The fraction of sp³-hybridized carbons (Fsp3) is 0.538. The Hall–Kier alpha value is -1.42. The molecule has 0 atom stereocenters. The van der Waals surface area contributed by atoms with E-state index in [2.05, 4.69) is 24.1 Å². The van der Waals surface area contributed by atoms with Gasteiger partial charge >= 0.3 is 0 Å². The van der Waals surface area contributed by atoms with Crippen molar-refractivity contribution in [3.8, 4) is 0 Å². The van der Waals surface area contributed by atoms with Crippen LogP contribution in [0, 0.1) is 6.92 Å². The van der Waals surface area contributed by atoms with Gasteiger partial charge < -0.3 is 10.2 Å². The molecule has 1 aromatic heterocycles. The third-order valence-corrected chi connectivity index (χ3v) is 2.98. The number of rotatable bonds is 1. The quantitative estimate of drug-likeness (QED) is 0.793. The van der Waals surface area contributed by atoms with Crippen LogP contribution in [0.5, 0.6) is 0 Å². The first kappa shape index (κ1) is 12.0. The maximum atomic E-state index is 12.3. The van der Waals surface area contributed by atoms with Gasteiger partial charge in [-0.05, 0) is 32.4 Å². The molecule has 2 heterocycles. The lowest BCUT2D eigenvalue weighted by Gasteiger charge is -2.39. The van der Waals surface area contributed by atoms with Gasteiger partial charge in [-0.3, -0.25) is 9.78 Å². The fourth-order valence-electron chi connectivity index (χ4n) is 2.17. The van der Waals surface area contributed by atoms with Crippen LogP contribution in [0.25, 0.3) is 0 Å². The van der Waals surface area contributed by atoms with Crippen molar-refractivity contribution in [3.63, 3.8) is 0 Å². The monoisotopic (exact) mass is 233 g/mol. The molecule has 0 aromatic carbocycles. The van der Waals surface area contributed by atoms with Gasteiger partial charge in [0.2, 0.25) is 0 Å². The van der Waals surface area contributed by atoms with Crippen molar-refractivity contribution < 1.29 is 4.79 Å². The second-order valence-electron chi connectivity index (χ2n) is 5.29. The van der Waals surface area contributed by atoms with Crippen molar-refractivity contribution in [2.24, 2.45) is 0 Å². The summed E-state index contributed by atoms with van der Waals surface area (Å²) in [6.07, 6.45) is 3.41. The van der Waals surface area contributed by atoms with Gasteiger partial charge in [0.25, 0.3) is 5.91 Å². The van der Waals surface area contributed by atoms with Crippen LogP contribution in [0.3, 0.4) is 0 Å². The van der Waals surface area contributed by atoms with E-state index in [0.29, 0.717) is 5.56 Å². The van der Waals surface area contributed by atoms with Crippen LogP contribution in [0.1, 0.15) is 29.8 Å². The molecule has 1 saturated heterocycles. The number of hydrogen-bond acceptors (Lipinski definition) is 3. The Morgan fingerprint density at radius 1 is 1.47 bits per heavy atom. The molecule has 92 valence electrons. The van der Waals surface area contributed by atoms with Gasteiger partial charge in [-0.1, -0.05) is 0 Å². The number of amides is 1. The van der Waals surface area contributed by atoms with E-state index in [1.807, 2.05) is 17.9 Å². The van der Waals surface area contributed by atoms with Crippen LogP contribution >= 0.6 is 0 Å². The second kappa shape index (κ2) is 4.45. The third kappa shape index (κ3) is 2.82. The number of carbonyl (C=O) groups is 1. The number of hydrogen-bond donors (Lipinski definition) is 1. The van der Waals surface area contributed by atoms with Gasteiger partial charge in [0, 0.05) is 37.6 Å². The average molecular weight is 233 g/mol. The van der Waals surface area contributed by atoms with Gasteiger partial charge in [-0.2, -0.15) is 0 Å². The molecule has 1 aliphatic rings. The number of pyridine rings is 1. The largest absolute Gasteiger partial charge is 0.335 e. The van der Waals surface area contributed by atoms with Crippen LogP contribution in [-0.4, -0.2) is 41.0 Å². The third-order valence-electron chi connectivity index (χ3n) is 2.98.